The Labute approximate surface area is 453 Å². The number of thiocarbonyl (C=S) groups is 1. The van der Waals surface area contributed by atoms with Gasteiger partial charge in [-0.15, -0.1) is 11.3 Å². The number of unbranched alkanes of at least 4 members (excludes halogenated alkanes) is 1. The van der Waals surface area contributed by atoms with Gasteiger partial charge in [0.2, 0.25) is 17.7 Å². The number of halogens is 8. The molecule has 4 heterocycles. The highest BCUT2D eigenvalue weighted by atomic mass is 32.1. The molecule has 0 spiro atoms. The fourth-order valence-corrected chi connectivity index (χ4v) is 10.6. The van der Waals surface area contributed by atoms with Crippen LogP contribution in [-0.4, -0.2) is 87.6 Å². The molecule has 2 unspecified atom stereocenters. The minimum atomic E-state index is -5.34. The first kappa shape index (κ1) is 58.6. The number of nitriles is 1. The molecule has 414 valence electrons. The first-order chi connectivity index (χ1) is 36.6. The van der Waals surface area contributed by atoms with E-state index in [-0.39, 0.29) is 43.0 Å². The second-order valence-electron chi connectivity index (χ2n) is 20.3. The SMILES string of the molecule is Cc1ncsc1-c1ccc([C@H](C)NC(=O)C2CCCN2C(=O)C(NC(=O)COCCCCOc2ccc(-c3ncc(N4C(=S)N(c5ccc(C#N)c(C(F)(F)F)c5F)C(=O)C4(C)C)cc3F)c(C(F)(F)F)c2)C(C)(C)C)cc1. The number of alkyl halides is 6. The molecule has 2 fully saturated rings. The maximum absolute atomic E-state index is 16.0. The second kappa shape index (κ2) is 23.1. The number of hydrogen-bond donors (Lipinski definition) is 2. The van der Waals surface area contributed by atoms with Gasteiger partial charge in [-0.25, -0.2) is 13.8 Å². The summed E-state index contributed by atoms with van der Waals surface area (Å²) >= 11 is 6.93. The Morgan fingerprint density at radius 3 is 2.26 bits per heavy atom. The molecule has 14 nitrogen and oxygen atoms in total. The molecule has 0 aliphatic carbocycles. The number of hydrogen-bond acceptors (Lipinski definition) is 11. The van der Waals surface area contributed by atoms with Crippen molar-refractivity contribution in [2.75, 3.05) is 36.2 Å². The summed E-state index contributed by atoms with van der Waals surface area (Å²) in [5.74, 6) is -5.79. The fourth-order valence-electron chi connectivity index (χ4n) is 9.23. The number of ether oxygens (including phenoxy) is 2. The Balaban J connectivity index is 0.911. The molecule has 4 amide bonds. The van der Waals surface area contributed by atoms with Crippen molar-refractivity contribution >= 4 is 63.7 Å². The summed E-state index contributed by atoms with van der Waals surface area (Å²) in [4.78, 5) is 66.7. The number of aromatic nitrogens is 2. The molecular weight excluding hydrogens is 1070 g/mol. The Bertz CT molecular complexity index is 3150. The summed E-state index contributed by atoms with van der Waals surface area (Å²) in [6, 6.07) is 12.0. The van der Waals surface area contributed by atoms with E-state index in [1.165, 1.54) is 30.9 Å². The Hall–Kier alpha value is -7.10. The molecule has 7 rings (SSSR count). The number of aryl methyl sites for hydroxylation is 1. The summed E-state index contributed by atoms with van der Waals surface area (Å²) in [6.07, 6.45) is -7.83. The van der Waals surface area contributed by atoms with Crippen LogP contribution in [0.5, 0.6) is 5.75 Å². The molecule has 2 aliphatic heterocycles. The molecule has 0 bridgehead atoms. The van der Waals surface area contributed by atoms with Crippen LogP contribution in [0.4, 0.5) is 46.5 Å². The van der Waals surface area contributed by atoms with Gasteiger partial charge in [0.1, 0.15) is 41.2 Å². The van der Waals surface area contributed by atoms with Gasteiger partial charge < -0.3 is 29.9 Å². The lowest BCUT2D eigenvalue weighted by atomic mass is 9.85. The standard InChI is InChI=1S/C54H54F8N8O6S2/c1-29(31-12-14-32(15-13-31)45-30(2)65-28-78-45)66-47(72)40-11-10-20-68(40)48(73)46(51(3,4)5)67-41(71)27-75-21-8-9-22-76-35-17-18-36(37(24-35)53(57,58)59)44-38(55)23-34(26-64-44)70-50(77)69(49(74)52(70,6)7)39-19-16-33(25-63)42(43(39)56)54(60,61)62/h12-19,23-24,26,28-29,40,46H,8-11,20-22,27H2,1-7H3,(H,66,72)(H,67,71)/t29-,40?,46?/m0/s1. The molecule has 0 radical (unpaired) electrons. The van der Waals surface area contributed by atoms with Gasteiger partial charge in [-0.1, -0.05) is 45.0 Å². The summed E-state index contributed by atoms with van der Waals surface area (Å²) in [5, 5.41) is 14.4. The van der Waals surface area contributed by atoms with Crippen molar-refractivity contribution in [3.05, 3.63) is 112 Å². The van der Waals surface area contributed by atoms with Crippen molar-refractivity contribution in [3.63, 3.8) is 0 Å². The third-order valence-corrected chi connectivity index (χ3v) is 14.6. The lowest BCUT2D eigenvalue weighted by molar-refractivity contribution is -0.144. The number of benzene rings is 3. The van der Waals surface area contributed by atoms with E-state index in [1.807, 2.05) is 38.1 Å². The first-order valence-electron chi connectivity index (χ1n) is 24.5. The van der Waals surface area contributed by atoms with Crippen LogP contribution in [-0.2, 0) is 36.3 Å². The topological polar surface area (TPSA) is 170 Å². The Kier molecular flexibility index (Phi) is 17.3. The van der Waals surface area contributed by atoms with Gasteiger partial charge in [0.15, 0.2) is 16.7 Å². The van der Waals surface area contributed by atoms with Crippen LogP contribution in [0, 0.1) is 35.3 Å². The van der Waals surface area contributed by atoms with E-state index in [0.29, 0.717) is 42.8 Å². The van der Waals surface area contributed by atoms with Gasteiger partial charge in [0.05, 0.1) is 63.5 Å². The normalized spacial score (nSPS) is 16.5. The number of thiazole rings is 1. The average molecular weight is 1130 g/mol. The third-order valence-electron chi connectivity index (χ3n) is 13.3. The van der Waals surface area contributed by atoms with Gasteiger partial charge in [-0.2, -0.15) is 31.6 Å². The number of carbonyl (C=O) groups is 4. The maximum Gasteiger partial charge on any atom is 0.420 e. The van der Waals surface area contributed by atoms with Crippen LogP contribution in [0.15, 0.2) is 72.4 Å². The van der Waals surface area contributed by atoms with Gasteiger partial charge in [-0.05, 0) is 112 Å². The van der Waals surface area contributed by atoms with E-state index in [0.717, 1.165) is 51.0 Å². The molecule has 78 heavy (non-hydrogen) atoms. The van der Waals surface area contributed by atoms with Crippen LogP contribution >= 0.6 is 23.6 Å². The van der Waals surface area contributed by atoms with Gasteiger partial charge >= 0.3 is 12.4 Å². The highest BCUT2D eigenvalue weighted by Crippen LogP contribution is 2.44. The van der Waals surface area contributed by atoms with Crippen molar-refractivity contribution in [1.82, 2.24) is 25.5 Å². The number of pyridine rings is 1. The molecule has 24 heteroatoms. The van der Waals surface area contributed by atoms with E-state index in [9.17, 15) is 50.8 Å². The van der Waals surface area contributed by atoms with Crippen LogP contribution in [0.25, 0.3) is 21.7 Å². The number of carbonyl (C=O) groups excluding carboxylic acids is 4. The number of anilines is 2. The summed E-state index contributed by atoms with van der Waals surface area (Å²) < 4.78 is 128. The largest absolute Gasteiger partial charge is 0.494 e. The molecule has 2 N–H and O–H groups in total. The van der Waals surface area contributed by atoms with Crippen molar-refractivity contribution in [2.45, 2.75) is 110 Å². The lowest BCUT2D eigenvalue weighted by Gasteiger charge is -2.35. The molecular formula is C54H54F8N8O6S2. The fraction of sp³-hybridized carbons (Fsp3) is 0.407. The van der Waals surface area contributed by atoms with E-state index in [1.54, 1.807) is 37.6 Å². The smallest absolute Gasteiger partial charge is 0.420 e. The minimum Gasteiger partial charge on any atom is -0.494 e. The third kappa shape index (κ3) is 12.4. The zero-order valence-corrected chi connectivity index (χ0v) is 44.9. The zero-order valence-electron chi connectivity index (χ0n) is 43.3. The predicted octanol–water partition coefficient (Wildman–Crippen LogP) is 10.9. The molecule has 3 aromatic carbocycles. The highest BCUT2D eigenvalue weighted by molar-refractivity contribution is 7.81. The monoisotopic (exact) mass is 1130 g/mol. The molecule has 5 aromatic rings. The second-order valence-corrected chi connectivity index (χ2v) is 21.5. The molecule has 2 aliphatic rings. The van der Waals surface area contributed by atoms with Gasteiger partial charge in [0.25, 0.3) is 5.91 Å². The van der Waals surface area contributed by atoms with Crippen LogP contribution in [0.3, 0.4) is 0 Å². The molecule has 2 saturated heterocycles. The predicted molar refractivity (Wildman–Crippen MR) is 278 cm³/mol. The Morgan fingerprint density at radius 1 is 0.949 bits per heavy atom. The van der Waals surface area contributed by atoms with Crippen LogP contribution in [0.1, 0.15) is 101 Å². The van der Waals surface area contributed by atoms with E-state index in [2.05, 4.69) is 20.6 Å². The van der Waals surface area contributed by atoms with Crippen molar-refractivity contribution in [2.24, 2.45) is 5.41 Å². The Morgan fingerprint density at radius 2 is 1.64 bits per heavy atom. The first-order valence-corrected chi connectivity index (χ1v) is 25.8. The number of amides is 4. The molecule has 0 saturated carbocycles. The summed E-state index contributed by atoms with van der Waals surface area (Å²) in [6.45, 7) is 11.6. The summed E-state index contributed by atoms with van der Waals surface area (Å²) in [7, 11) is 0. The van der Waals surface area contributed by atoms with Crippen LogP contribution < -0.4 is 25.2 Å². The van der Waals surface area contributed by atoms with Crippen molar-refractivity contribution in [1.29, 1.82) is 5.26 Å². The zero-order chi connectivity index (χ0) is 57.2. The molecule has 2 aromatic heterocycles. The van der Waals surface area contributed by atoms with E-state index in [4.69, 9.17) is 21.7 Å². The highest BCUT2D eigenvalue weighted by Gasteiger charge is 2.52. The minimum absolute atomic E-state index is 0.0512. The molecule has 3 atom stereocenters. The maximum atomic E-state index is 16.0. The number of nitrogens with one attached hydrogen (secondary N) is 2. The average Bonchev–Trinajstić information content (AvgIpc) is 4.21. The number of nitrogens with zero attached hydrogens (tertiary/aromatic N) is 6. The number of rotatable bonds is 17. The van der Waals surface area contributed by atoms with Gasteiger partial charge in [-0.3, -0.25) is 29.1 Å². The van der Waals surface area contributed by atoms with E-state index < -0.39 is 110 Å². The lowest BCUT2D eigenvalue weighted by Crippen LogP contribution is -2.58. The van der Waals surface area contributed by atoms with E-state index >= 15 is 8.78 Å². The number of likely N-dealkylation sites (tertiary alicyclic amines) is 1. The van der Waals surface area contributed by atoms with Gasteiger partial charge in [0, 0.05) is 24.8 Å². The quantitative estimate of drug-likeness (QED) is 0.0516. The van der Waals surface area contributed by atoms with Crippen LogP contribution in [0.2, 0.25) is 0 Å². The summed E-state index contributed by atoms with van der Waals surface area (Å²) in [5.41, 5.74) is -4.88. The van der Waals surface area contributed by atoms with Crippen molar-refractivity contribution in [3.8, 4) is 33.5 Å². The van der Waals surface area contributed by atoms with Crippen molar-refractivity contribution < 1.29 is 63.8 Å².